The van der Waals surface area contributed by atoms with Crippen LogP contribution in [0.2, 0.25) is 0 Å². The Morgan fingerprint density at radius 2 is 1.69 bits per heavy atom. The van der Waals surface area contributed by atoms with Crippen LogP contribution in [0, 0.1) is 0 Å². The third-order valence-electron chi connectivity index (χ3n) is 2.18. The number of sulfonamides is 1. The minimum Gasteiger partial charge on any atom is -0.310 e. The van der Waals surface area contributed by atoms with E-state index in [9.17, 15) is 8.42 Å². The summed E-state index contributed by atoms with van der Waals surface area (Å²) in [7, 11) is -3.24. The van der Waals surface area contributed by atoms with Gasteiger partial charge in [0.25, 0.3) is 0 Å². The topological polar surface area (TPSA) is 49.4 Å². The van der Waals surface area contributed by atoms with Gasteiger partial charge in [0.05, 0.1) is 0 Å². The number of hydrogen-bond acceptors (Lipinski definition) is 3. The van der Waals surface area contributed by atoms with Crippen LogP contribution in [0.4, 0.5) is 0 Å². The Hall–Kier alpha value is 0.350. The standard InChI is InChI=1S/C10H23BrN2O2S/c1-6-13(7-2)16(14,15)9(11)8-12-10(3,4)5/h9,12H,6-8H2,1-5H3. The zero-order chi connectivity index (χ0) is 13.0. The maximum absolute atomic E-state index is 12.0. The summed E-state index contributed by atoms with van der Waals surface area (Å²) in [4.78, 5) is 0. The summed E-state index contributed by atoms with van der Waals surface area (Å²) in [5.74, 6) is 0. The summed E-state index contributed by atoms with van der Waals surface area (Å²) < 4.78 is 25.0. The summed E-state index contributed by atoms with van der Waals surface area (Å²) in [6.07, 6.45) is 0. The van der Waals surface area contributed by atoms with Gasteiger partial charge < -0.3 is 5.32 Å². The normalized spacial score (nSPS) is 15.4. The van der Waals surface area contributed by atoms with E-state index in [4.69, 9.17) is 0 Å². The smallest absolute Gasteiger partial charge is 0.228 e. The molecule has 6 heteroatoms. The molecule has 0 aromatic carbocycles. The van der Waals surface area contributed by atoms with E-state index < -0.39 is 14.2 Å². The van der Waals surface area contributed by atoms with Crippen molar-refractivity contribution in [2.45, 2.75) is 44.3 Å². The van der Waals surface area contributed by atoms with Gasteiger partial charge in [-0.25, -0.2) is 12.7 Å². The predicted molar refractivity (Wildman–Crippen MR) is 72.3 cm³/mol. The molecule has 4 nitrogen and oxygen atoms in total. The first-order valence-electron chi connectivity index (χ1n) is 5.53. The van der Waals surface area contributed by atoms with E-state index in [-0.39, 0.29) is 5.54 Å². The molecule has 0 aliphatic heterocycles. The summed E-state index contributed by atoms with van der Waals surface area (Å²) >= 11 is 3.24. The van der Waals surface area contributed by atoms with Gasteiger partial charge in [0.2, 0.25) is 10.0 Å². The molecule has 0 fully saturated rings. The molecule has 0 spiro atoms. The van der Waals surface area contributed by atoms with Crippen LogP contribution in [-0.4, -0.2) is 42.1 Å². The van der Waals surface area contributed by atoms with E-state index in [1.54, 1.807) is 0 Å². The van der Waals surface area contributed by atoms with Crippen molar-refractivity contribution in [3.05, 3.63) is 0 Å². The fourth-order valence-electron chi connectivity index (χ4n) is 1.24. The third-order valence-corrected chi connectivity index (χ3v) is 5.97. The Kier molecular flexibility index (Phi) is 6.47. The summed E-state index contributed by atoms with van der Waals surface area (Å²) in [5.41, 5.74) is -0.0786. The minimum absolute atomic E-state index is 0.0786. The fourth-order valence-corrected chi connectivity index (χ4v) is 3.45. The van der Waals surface area contributed by atoms with E-state index >= 15 is 0 Å². The zero-order valence-corrected chi connectivity index (χ0v) is 13.2. The number of nitrogens with one attached hydrogen (secondary N) is 1. The van der Waals surface area contributed by atoms with Crippen LogP contribution >= 0.6 is 15.9 Å². The summed E-state index contributed by atoms with van der Waals surface area (Å²) in [6, 6.07) is 0. The van der Waals surface area contributed by atoms with Crippen LogP contribution < -0.4 is 5.32 Å². The number of rotatable bonds is 6. The molecule has 0 aromatic heterocycles. The molecule has 0 saturated carbocycles. The molecular weight excluding hydrogens is 292 g/mol. The van der Waals surface area contributed by atoms with Gasteiger partial charge in [-0.05, 0) is 20.8 Å². The highest BCUT2D eigenvalue weighted by Crippen LogP contribution is 2.15. The average molecular weight is 315 g/mol. The number of alkyl halides is 1. The molecule has 0 saturated heterocycles. The Balaban J connectivity index is 4.53. The van der Waals surface area contributed by atoms with E-state index in [1.165, 1.54) is 4.31 Å². The largest absolute Gasteiger partial charge is 0.310 e. The van der Waals surface area contributed by atoms with Gasteiger partial charge in [-0.3, -0.25) is 0 Å². The van der Waals surface area contributed by atoms with Gasteiger partial charge in [-0.1, -0.05) is 29.8 Å². The van der Waals surface area contributed by atoms with Crippen LogP contribution in [0.5, 0.6) is 0 Å². The van der Waals surface area contributed by atoms with Gasteiger partial charge in [0, 0.05) is 25.2 Å². The quantitative estimate of drug-likeness (QED) is 0.760. The molecular formula is C10H23BrN2O2S. The van der Waals surface area contributed by atoms with Crippen molar-refractivity contribution in [2.24, 2.45) is 0 Å². The molecule has 16 heavy (non-hydrogen) atoms. The van der Waals surface area contributed by atoms with Crippen molar-refractivity contribution in [1.29, 1.82) is 0 Å². The van der Waals surface area contributed by atoms with E-state index in [0.717, 1.165) is 0 Å². The highest BCUT2D eigenvalue weighted by atomic mass is 79.9. The molecule has 0 radical (unpaired) electrons. The van der Waals surface area contributed by atoms with Crippen LogP contribution in [0.25, 0.3) is 0 Å². The van der Waals surface area contributed by atoms with Crippen LogP contribution in [0.3, 0.4) is 0 Å². The molecule has 0 amide bonds. The fraction of sp³-hybridized carbons (Fsp3) is 1.00. The molecule has 98 valence electrons. The third kappa shape index (κ3) is 5.12. The molecule has 0 aliphatic carbocycles. The summed E-state index contributed by atoms with van der Waals surface area (Å²) in [5, 5.41) is 3.18. The number of nitrogens with zero attached hydrogens (tertiary/aromatic N) is 1. The molecule has 1 atom stereocenters. The van der Waals surface area contributed by atoms with E-state index in [2.05, 4.69) is 21.2 Å². The van der Waals surface area contributed by atoms with Crippen LogP contribution in [-0.2, 0) is 10.0 Å². The molecule has 1 N–H and O–H groups in total. The highest BCUT2D eigenvalue weighted by Gasteiger charge is 2.28. The van der Waals surface area contributed by atoms with E-state index in [0.29, 0.717) is 19.6 Å². The lowest BCUT2D eigenvalue weighted by molar-refractivity contribution is 0.419. The maximum atomic E-state index is 12.0. The Morgan fingerprint density at radius 1 is 1.25 bits per heavy atom. The molecule has 0 aromatic rings. The van der Waals surface area contributed by atoms with Gasteiger partial charge >= 0.3 is 0 Å². The minimum atomic E-state index is -3.24. The van der Waals surface area contributed by atoms with Crippen molar-refractivity contribution >= 4 is 26.0 Å². The van der Waals surface area contributed by atoms with Gasteiger partial charge in [-0.2, -0.15) is 0 Å². The molecule has 0 rings (SSSR count). The zero-order valence-electron chi connectivity index (χ0n) is 10.7. The Labute approximate surface area is 108 Å². The first kappa shape index (κ1) is 16.4. The Morgan fingerprint density at radius 3 is 2.00 bits per heavy atom. The van der Waals surface area contributed by atoms with E-state index in [1.807, 2.05) is 34.6 Å². The average Bonchev–Trinajstić information content (AvgIpc) is 2.14. The molecule has 0 bridgehead atoms. The van der Waals surface area contributed by atoms with Crippen molar-refractivity contribution in [2.75, 3.05) is 19.6 Å². The summed E-state index contributed by atoms with van der Waals surface area (Å²) in [6.45, 7) is 11.1. The Bertz CT molecular complexity index is 294. The first-order chi connectivity index (χ1) is 7.15. The number of halogens is 1. The number of hydrogen-bond donors (Lipinski definition) is 1. The van der Waals surface area contributed by atoms with Crippen molar-refractivity contribution in [3.8, 4) is 0 Å². The monoisotopic (exact) mass is 314 g/mol. The van der Waals surface area contributed by atoms with Crippen molar-refractivity contribution in [3.63, 3.8) is 0 Å². The van der Waals surface area contributed by atoms with Gasteiger partial charge in [0.1, 0.15) is 4.16 Å². The van der Waals surface area contributed by atoms with Gasteiger partial charge in [0.15, 0.2) is 0 Å². The second-order valence-corrected chi connectivity index (χ2v) is 8.50. The first-order valence-corrected chi connectivity index (χ1v) is 7.95. The SMILES string of the molecule is CCN(CC)S(=O)(=O)C(Br)CNC(C)(C)C. The van der Waals surface area contributed by atoms with Crippen molar-refractivity contribution in [1.82, 2.24) is 9.62 Å². The lowest BCUT2D eigenvalue weighted by Gasteiger charge is -2.26. The lowest BCUT2D eigenvalue weighted by atomic mass is 10.1. The van der Waals surface area contributed by atoms with Gasteiger partial charge in [-0.15, -0.1) is 0 Å². The van der Waals surface area contributed by atoms with Crippen molar-refractivity contribution < 1.29 is 8.42 Å². The second-order valence-electron chi connectivity index (χ2n) is 4.67. The highest BCUT2D eigenvalue weighted by molar-refractivity contribution is 9.11. The predicted octanol–water partition coefficient (Wildman–Crippen LogP) is 1.77. The van der Waals surface area contributed by atoms with Crippen LogP contribution in [0.1, 0.15) is 34.6 Å². The lowest BCUT2D eigenvalue weighted by Crippen LogP contribution is -2.45. The molecule has 0 heterocycles. The molecule has 1 unspecified atom stereocenters. The maximum Gasteiger partial charge on any atom is 0.228 e. The van der Waals surface area contributed by atoms with Crippen LogP contribution in [0.15, 0.2) is 0 Å². The second kappa shape index (κ2) is 6.33. The molecule has 0 aliphatic rings.